The summed E-state index contributed by atoms with van der Waals surface area (Å²) >= 11 is 0. The molecule has 0 amide bonds. The van der Waals surface area contributed by atoms with E-state index in [1.807, 2.05) is 13.0 Å². The lowest BCUT2D eigenvalue weighted by molar-refractivity contribution is -0.384. The smallest absolute Gasteiger partial charge is 0.269 e. The zero-order chi connectivity index (χ0) is 18.5. The van der Waals surface area contributed by atoms with Crippen molar-refractivity contribution in [3.8, 4) is 11.4 Å². The van der Waals surface area contributed by atoms with Gasteiger partial charge in [-0.1, -0.05) is 25.1 Å². The van der Waals surface area contributed by atoms with Gasteiger partial charge in [0.15, 0.2) is 5.82 Å². The lowest BCUT2D eigenvalue weighted by atomic mass is 10.2. The van der Waals surface area contributed by atoms with E-state index in [9.17, 15) is 14.5 Å². The van der Waals surface area contributed by atoms with Gasteiger partial charge in [0, 0.05) is 41.6 Å². The van der Waals surface area contributed by atoms with E-state index in [2.05, 4.69) is 15.3 Å². The molecule has 3 rings (SSSR count). The number of nitro benzene ring substituents is 1. The number of anilines is 1. The maximum Gasteiger partial charge on any atom is 0.269 e. The number of benzene rings is 2. The molecule has 0 saturated heterocycles. The summed E-state index contributed by atoms with van der Waals surface area (Å²) in [5, 5.41) is 13.9. The van der Waals surface area contributed by atoms with Crippen molar-refractivity contribution in [2.24, 2.45) is 0 Å². The van der Waals surface area contributed by atoms with E-state index in [1.165, 1.54) is 18.2 Å². The summed E-state index contributed by atoms with van der Waals surface area (Å²) in [6, 6.07) is 14.4. The van der Waals surface area contributed by atoms with Crippen molar-refractivity contribution in [1.82, 2.24) is 9.97 Å². The van der Waals surface area contributed by atoms with Gasteiger partial charge in [0.1, 0.15) is 11.6 Å². The van der Waals surface area contributed by atoms with Crippen LogP contribution in [0.1, 0.15) is 18.2 Å². The Kier molecular flexibility index (Phi) is 5.17. The molecule has 1 N–H and O–H groups in total. The fraction of sp³-hybridized carbons (Fsp3) is 0.158. The van der Waals surface area contributed by atoms with Crippen LogP contribution in [0, 0.1) is 15.9 Å². The number of hydrogen-bond donors (Lipinski definition) is 1. The summed E-state index contributed by atoms with van der Waals surface area (Å²) in [6.07, 6.45) is 0.705. The Morgan fingerprint density at radius 1 is 1.12 bits per heavy atom. The van der Waals surface area contributed by atoms with Crippen molar-refractivity contribution in [2.75, 3.05) is 5.32 Å². The van der Waals surface area contributed by atoms with E-state index in [4.69, 9.17) is 0 Å². The summed E-state index contributed by atoms with van der Waals surface area (Å²) in [5.74, 6) is 0.768. The van der Waals surface area contributed by atoms with Gasteiger partial charge in [-0.2, -0.15) is 0 Å². The zero-order valence-electron chi connectivity index (χ0n) is 14.1. The van der Waals surface area contributed by atoms with Gasteiger partial charge in [-0.25, -0.2) is 14.4 Å². The van der Waals surface area contributed by atoms with Gasteiger partial charge in [0.05, 0.1) is 4.92 Å². The van der Waals surface area contributed by atoms with Crippen molar-refractivity contribution in [2.45, 2.75) is 19.9 Å². The molecular formula is C19H17FN4O2. The number of hydrogen-bond acceptors (Lipinski definition) is 5. The number of nitrogens with zero attached hydrogens (tertiary/aromatic N) is 3. The van der Waals surface area contributed by atoms with E-state index in [0.29, 0.717) is 35.7 Å². The summed E-state index contributed by atoms with van der Waals surface area (Å²) < 4.78 is 13.8. The second-order valence-corrected chi connectivity index (χ2v) is 5.67. The Balaban J connectivity index is 1.86. The first-order valence-corrected chi connectivity index (χ1v) is 8.17. The number of aromatic nitrogens is 2. The monoisotopic (exact) mass is 352 g/mol. The quantitative estimate of drug-likeness (QED) is 0.526. The predicted octanol–water partition coefficient (Wildman–Crippen LogP) is 4.37. The maximum atomic E-state index is 13.8. The lowest BCUT2D eigenvalue weighted by Crippen LogP contribution is -2.06. The molecule has 26 heavy (non-hydrogen) atoms. The number of non-ortho nitro benzene ring substituents is 1. The molecule has 0 aliphatic heterocycles. The summed E-state index contributed by atoms with van der Waals surface area (Å²) in [7, 11) is 0. The van der Waals surface area contributed by atoms with Crippen LogP contribution in [-0.2, 0) is 13.0 Å². The minimum atomic E-state index is -0.450. The summed E-state index contributed by atoms with van der Waals surface area (Å²) in [4.78, 5) is 19.3. The molecule has 0 spiro atoms. The average Bonchev–Trinajstić information content (AvgIpc) is 2.67. The maximum absolute atomic E-state index is 13.8. The largest absolute Gasteiger partial charge is 0.366 e. The Morgan fingerprint density at radius 2 is 1.85 bits per heavy atom. The van der Waals surface area contributed by atoms with Crippen molar-refractivity contribution in [3.63, 3.8) is 0 Å². The van der Waals surface area contributed by atoms with Crippen molar-refractivity contribution in [3.05, 3.63) is 81.8 Å². The van der Waals surface area contributed by atoms with Crippen molar-refractivity contribution in [1.29, 1.82) is 0 Å². The molecule has 3 aromatic rings. The third-order valence-electron chi connectivity index (χ3n) is 3.90. The molecule has 1 heterocycles. The van der Waals surface area contributed by atoms with Crippen LogP contribution >= 0.6 is 0 Å². The highest BCUT2D eigenvalue weighted by molar-refractivity contribution is 5.59. The first kappa shape index (κ1) is 17.5. The highest BCUT2D eigenvalue weighted by atomic mass is 19.1. The van der Waals surface area contributed by atoms with Crippen LogP contribution in [0.4, 0.5) is 15.9 Å². The van der Waals surface area contributed by atoms with Crippen LogP contribution in [0.3, 0.4) is 0 Å². The SMILES string of the molecule is CCc1cc(NCc2ccccc2F)nc(-c2ccc([N+](=O)[O-])cc2)n1. The number of nitrogens with one attached hydrogen (secondary N) is 1. The fourth-order valence-electron chi connectivity index (χ4n) is 2.46. The highest BCUT2D eigenvalue weighted by Crippen LogP contribution is 2.22. The van der Waals surface area contributed by atoms with Crippen LogP contribution in [0.2, 0.25) is 0 Å². The van der Waals surface area contributed by atoms with Gasteiger partial charge in [-0.3, -0.25) is 10.1 Å². The third-order valence-corrected chi connectivity index (χ3v) is 3.90. The first-order valence-electron chi connectivity index (χ1n) is 8.17. The molecule has 2 aromatic carbocycles. The second-order valence-electron chi connectivity index (χ2n) is 5.67. The van der Waals surface area contributed by atoms with Gasteiger partial charge in [-0.15, -0.1) is 0 Å². The summed E-state index contributed by atoms with van der Waals surface area (Å²) in [5.41, 5.74) is 2.06. The first-order chi connectivity index (χ1) is 12.6. The molecule has 0 saturated carbocycles. The fourth-order valence-corrected chi connectivity index (χ4v) is 2.46. The molecule has 6 nitrogen and oxygen atoms in total. The Morgan fingerprint density at radius 3 is 2.50 bits per heavy atom. The molecule has 7 heteroatoms. The third kappa shape index (κ3) is 4.00. The molecule has 0 unspecified atom stereocenters. The van der Waals surface area contributed by atoms with Gasteiger partial charge in [0.2, 0.25) is 0 Å². The molecule has 0 atom stereocenters. The summed E-state index contributed by atoms with van der Waals surface area (Å²) in [6.45, 7) is 2.27. The Bertz CT molecular complexity index is 929. The molecule has 0 bridgehead atoms. The number of aryl methyl sites for hydroxylation is 1. The minimum absolute atomic E-state index is 0.0123. The average molecular weight is 352 g/mol. The van der Waals surface area contributed by atoms with Gasteiger partial charge < -0.3 is 5.32 Å². The minimum Gasteiger partial charge on any atom is -0.366 e. The van der Waals surface area contributed by atoms with Gasteiger partial charge in [0.25, 0.3) is 5.69 Å². The van der Waals surface area contributed by atoms with Crippen LogP contribution in [0.15, 0.2) is 54.6 Å². The van der Waals surface area contributed by atoms with Crippen molar-refractivity contribution < 1.29 is 9.31 Å². The normalized spacial score (nSPS) is 10.5. The standard InChI is InChI=1S/C19H17FN4O2/c1-2-15-11-18(21-12-14-5-3-4-6-17(14)20)23-19(22-15)13-7-9-16(10-8-13)24(25)26/h3-11H,2,12H2,1H3,(H,21,22,23). The van der Waals surface area contributed by atoms with Crippen LogP contribution in [0.25, 0.3) is 11.4 Å². The zero-order valence-corrected chi connectivity index (χ0v) is 14.1. The molecule has 1 aromatic heterocycles. The van der Waals surface area contributed by atoms with E-state index >= 15 is 0 Å². The van der Waals surface area contributed by atoms with Crippen molar-refractivity contribution >= 4 is 11.5 Å². The molecule has 132 valence electrons. The molecule has 0 aliphatic rings. The van der Waals surface area contributed by atoms with Crippen LogP contribution in [0.5, 0.6) is 0 Å². The van der Waals surface area contributed by atoms with Crippen LogP contribution < -0.4 is 5.32 Å². The van der Waals surface area contributed by atoms with Crippen LogP contribution in [-0.4, -0.2) is 14.9 Å². The molecule has 0 fully saturated rings. The van der Waals surface area contributed by atoms with E-state index in [-0.39, 0.29) is 11.5 Å². The number of halogens is 1. The molecular weight excluding hydrogens is 335 g/mol. The van der Waals surface area contributed by atoms with Gasteiger partial charge in [-0.05, 0) is 24.6 Å². The topological polar surface area (TPSA) is 81.0 Å². The highest BCUT2D eigenvalue weighted by Gasteiger charge is 2.10. The lowest BCUT2D eigenvalue weighted by Gasteiger charge is -2.10. The van der Waals surface area contributed by atoms with E-state index in [0.717, 1.165) is 5.69 Å². The Labute approximate surface area is 149 Å². The second kappa shape index (κ2) is 7.69. The number of nitro groups is 1. The number of rotatable bonds is 6. The Hall–Kier alpha value is -3.35. The molecule has 0 aliphatic carbocycles. The molecule has 0 radical (unpaired) electrons. The van der Waals surface area contributed by atoms with Gasteiger partial charge >= 0.3 is 0 Å². The predicted molar refractivity (Wildman–Crippen MR) is 97.2 cm³/mol. The van der Waals surface area contributed by atoms with E-state index < -0.39 is 4.92 Å². The van der Waals surface area contributed by atoms with E-state index in [1.54, 1.807) is 30.3 Å².